The van der Waals surface area contributed by atoms with Crippen LogP contribution in [0.3, 0.4) is 0 Å². The van der Waals surface area contributed by atoms with E-state index in [0.717, 1.165) is 24.4 Å². The zero-order valence-electron chi connectivity index (χ0n) is 11.3. The van der Waals surface area contributed by atoms with Crippen molar-refractivity contribution in [3.63, 3.8) is 0 Å². The van der Waals surface area contributed by atoms with E-state index in [9.17, 15) is 9.59 Å². The van der Waals surface area contributed by atoms with Gasteiger partial charge in [0, 0.05) is 18.0 Å². The number of aromatic carboxylic acids is 1. The maximum Gasteiger partial charge on any atom is 0.338 e. The van der Waals surface area contributed by atoms with E-state index in [1.165, 1.54) is 11.3 Å². The van der Waals surface area contributed by atoms with Crippen LogP contribution in [0.1, 0.15) is 22.2 Å². The predicted octanol–water partition coefficient (Wildman–Crippen LogP) is 1.28. The number of aryl methyl sites for hydroxylation is 1. The molecule has 0 aromatic carbocycles. The molecule has 2 N–H and O–H groups in total. The Balaban J connectivity index is 1.99. The maximum atomic E-state index is 12.0. The monoisotopic (exact) mass is 298 g/mol. The number of thiophene rings is 1. The molecule has 0 spiro atoms. The van der Waals surface area contributed by atoms with E-state index in [4.69, 9.17) is 9.84 Å². The third kappa shape index (κ3) is 3.78. The number of amides is 1. The Bertz CT molecular complexity index is 495. The fourth-order valence-electron chi connectivity index (χ4n) is 2.00. The van der Waals surface area contributed by atoms with Gasteiger partial charge in [-0.25, -0.2) is 4.79 Å². The van der Waals surface area contributed by atoms with E-state index in [1.54, 1.807) is 6.07 Å². The number of hydrogen-bond donors (Lipinski definition) is 2. The molecule has 1 fully saturated rings. The summed E-state index contributed by atoms with van der Waals surface area (Å²) in [4.78, 5) is 26.1. The average molecular weight is 298 g/mol. The topological polar surface area (TPSA) is 78.9 Å². The molecular formula is C13H18N2O4S. The molecule has 0 bridgehead atoms. The van der Waals surface area contributed by atoms with Crippen molar-refractivity contribution in [1.29, 1.82) is 0 Å². The Kier molecular flexibility index (Phi) is 5.11. The zero-order chi connectivity index (χ0) is 14.5. The molecule has 110 valence electrons. The van der Waals surface area contributed by atoms with Crippen LogP contribution in [0.15, 0.2) is 6.07 Å². The first kappa shape index (κ1) is 15.0. The molecule has 1 aromatic heterocycles. The lowest BCUT2D eigenvalue weighted by Gasteiger charge is -2.25. The SMILES string of the molecule is CCc1cc(C(=O)O)c(NC(=O)CN2CCOCC2)s1. The van der Waals surface area contributed by atoms with Gasteiger partial charge >= 0.3 is 5.97 Å². The van der Waals surface area contributed by atoms with Crippen molar-refractivity contribution in [3.05, 3.63) is 16.5 Å². The fraction of sp³-hybridized carbons (Fsp3) is 0.538. The van der Waals surface area contributed by atoms with Crippen molar-refractivity contribution < 1.29 is 19.4 Å². The molecule has 0 radical (unpaired) electrons. The van der Waals surface area contributed by atoms with Gasteiger partial charge in [0.15, 0.2) is 0 Å². The smallest absolute Gasteiger partial charge is 0.338 e. The predicted molar refractivity (Wildman–Crippen MR) is 76.5 cm³/mol. The summed E-state index contributed by atoms with van der Waals surface area (Å²) in [6.07, 6.45) is 0.754. The van der Waals surface area contributed by atoms with Crippen LogP contribution in [0.4, 0.5) is 5.00 Å². The summed E-state index contributed by atoms with van der Waals surface area (Å²) in [5, 5.41) is 12.3. The number of morpholine rings is 1. The molecule has 0 unspecified atom stereocenters. The number of ether oxygens (including phenoxy) is 1. The van der Waals surface area contributed by atoms with Crippen molar-refractivity contribution in [2.24, 2.45) is 0 Å². The second kappa shape index (κ2) is 6.83. The zero-order valence-corrected chi connectivity index (χ0v) is 12.2. The largest absolute Gasteiger partial charge is 0.478 e. The molecule has 2 rings (SSSR count). The second-order valence-electron chi connectivity index (χ2n) is 4.55. The molecule has 1 amide bonds. The summed E-state index contributed by atoms with van der Waals surface area (Å²) in [6.45, 7) is 4.94. The van der Waals surface area contributed by atoms with Crippen LogP contribution in [-0.2, 0) is 16.0 Å². The number of nitrogens with one attached hydrogen (secondary N) is 1. The van der Waals surface area contributed by atoms with Crippen LogP contribution >= 0.6 is 11.3 Å². The van der Waals surface area contributed by atoms with Gasteiger partial charge in [-0.3, -0.25) is 9.69 Å². The van der Waals surface area contributed by atoms with Crippen LogP contribution in [0, 0.1) is 0 Å². The number of carbonyl (C=O) groups excluding carboxylic acids is 1. The van der Waals surface area contributed by atoms with Crippen molar-refractivity contribution in [3.8, 4) is 0 Å². The Labute approximate surface area is 121 Å². The van der Waals surface area contributed by atoms with Gasteiger partial charge in [-0.1, -0.05) is 6.92 Å². The van der Waals surface area contributed by atoms with Crippen LogP contribution in [0.2, 0.25) is 0 Å². The molecule has 7 heteroatoms. The highest BCUT2D eigenvalue weighted by molar-refractivity contribution is 7.16. The molecule has 0 aliphatic carbocycles. The highest BCUT2D eigenvalue weighted by Gasteiger charge is 2.19. The third-order valence-electron chi connectivity index (χ3n) is 3.09. The van der Waals surface area contributed by atoms with Crippen LogP contribution < -0.4 is 5.32 Å². The van der Waals surface area contributed by atoms with Gasteiger partial charge in [0.05, 0.1) is 25.3 Å². The fourth-order valence-corrected chi connectivity index (χ4v) is 3.00. The number of carboxylic acids is 1. The summed E-state index contributed by atoms with van der Waals surface area (Å²) in [7, 11) is 0. The van der Waals surface area contributed by atoms with E-state index in [0.29, 0.717) is 18.2 Å². The molecule has 1 aliphatic rings. The molecule has 2 heterocycles. The van der Waals surface area contributed by atoms with Gasteiger partial charge in [-0.05, 0) is 12.5 Å². The Morgan fingerprint density at radius 1 is 1.45 bits per heavy atom. The van der Waals surface area contributed by atoms with E-state index >= 15 is 0 Å². The third-order valence-corrected chi connectivity index (χ3v) is 4.28. The summed E-state index contributed by atoms with van der Waals surface area (Å²) in [6, 6.07) is 1.62. The molecule has 0 atom stereocenters. The van der Waals surface area contributed by atoms with Gasteiger partial charge < -0.3 is 15.2 Å². The molecule has 1 saturated heterocycles. The molecule has 20 heavy (non-hydrogen) atoms. The quantitative estimate of drug-likeness (QED) is 0.856. The Morgan fingerprint density at radius 3 is 2.75 bits per heavy atom. The normalized spacial score (nSPS) is 16.1. The molecule has 0 saturated carbocycles. The van der Waals surface area contributed by atoms with Gasteiger partial charge in [0.1, 0.15) is 5.00 Å². The van der Waals surface area contributed by atoms with Crippen LogP contribution in [-0.4, -0.2) is 54.7 Å². The van der Waals surface area contributed by atoms with E-state index < -0.39 is 5.97 Å². The van der Waals surface area contributed by atoms with Crippen LogP contribution in [0.25, 0.3) is 0 Å². The summed E-state index contributed by atoms with van der Waals surface area (Å²) < 4.78 is 5.22. The minimum absolute atomic E-state index is 0.169. The first-order valence-electron chi connectivity index (χ1n) is 6.56. The lowest BCUT2D eigenvalue weighted by molar-refractivity contribution is -0.118. The summed E-state index contributed by atoms with van der Waals surface area (Å²) in [5.41, 5.74) is 0.169. The van der Waals surface area contributed by atoms with E-state index in [-0.39, 0.29) is 18.0 Å². The molecule has 1 aliphatic heterocycles. The van der Waals surface area contributed by atoms with Gasteiger partial charge in [0.25, 0.3) is 0 Å². The number of nitrogens with zero attached hydrogens (tertiary/aromatic N) is 1. The van der Waals surface area contributed by atoms with E-state index in [1.807, 2.05) is 11.8 Å². The van der Waals surface area contributed by atoms with Crippen LogP contribution in [0.5, 0.6) is 0 Å². The van der Waals surface area contributed by atoms with Gasteiger partial charge in [-0.15, -0.1) is 11.3 Å². The Morgan fingerprint density at radius 2 is 2.15 bits per heavy atom. The lowest BCUT2D eigenvalue weighted by atomic mass is 10.2. The number of anilines is 1. The highest BCUT2D eigenvalue weighted by atomic mass is 32.1. The molecule has 6 nitrogen and oxygen atoms in total. The van der Waals surface area contributed by atoms with Crippen molar-refractivity contribution in [2.75, 3.05) is 38.2 Å². The van der Waals surface area contributed by atoms with Crippen molar-refractivity contribution in [1.82, 2.24) is 4.90 Å². The summed E-state index contributed by atoms with van der Waals surface area (Å²) in [5.74, 6) is -1.19. The first-order chi connectivity index (χ1) is 9.60. The number of rotatable bonds is 5. The van der Waals surface area contributed by atoms with E-state index in [2.05, 4.69) is 5.32 Å². The van der Waals surface area contributed by atoms with Gasteiger partial charge in [-0.2, -0.15) is 0 Å². The average Bonchev–Trinajstić information content (AvgIpc) is 2.83. The number of carboxylic acid groups (broad SMARTS) is 1. The van der Waals surface area contributed by atoms with Gasteiger partial charge in [0.2, 0.25) is 5.91 Å². The Hall–Kier alpha value is -1.44. The molecular weight excluding hydrogens is 280 g/mol. The maximum absolute atomic E-state index is 12.0. The molecule has 1 aromatic rings. The summed E-state index contributed by atoms with van der Waals surface area (Å²) >= 11 is 1.32. The number of carbonyl (C=O) groups is 2. The van der Waals surface area contributed by atoms with Crippen molar-refractivity contribution >= 4 is 28.2 Å². The highest BCUT2D eigenvalue weighted by Crippen LogP contribution is 2.28. The minimum atomic E-state index is -1.01. The minimum Gasteiger partial charge on any atom is -0.478 e. The standard InChI is InChI=1S/C13H18N2O4S/c1-2-9-7-10(13(17)18)12(20-9)14-11(16)8-15-3-5-19-6-4-15/h7H,2-6,8H2,1H3,(H,14,16)(H,17,18). The lowest BCUT2D eigenvalue weighted by Crippen LogP contribution is -2.41. The van der Waals surface area contributed by atoms with Crippen molar-refractivity contribution in [2.45, 2.75) is 13.3 Å². The first-order valence-corrected chi connectivity index (χ1v) is 7.37. The second-order valence-corrected chi connectivity index (χ2v) is 5.69. The number of hydrogen-bond acceptors (Lipinski definition) is 5.